The molecule has 108 valence electrons. The molecule has 0 radical (unpaired) electrons. The van der Waals surface area contributed by atoms with E-state index in [9.17, 15) is 10.1 Å². The number of hydrogen-bond donors (Lipinski definition) is 1. The van der Waals surface area contributed by atoms with Crippen molar-refractivity contribution in [2.75, 3.05) is 13.7 Å². The molecule has 1 N–H and O–H groups in total. The minimum atomic E-state index is -0.493. The van der Waals surface area contributed by atoms with Gasteiger partial charge in [-0.1, -0.05) is 0 Å². The van der Waals surface area contributed by atoms with E-state index < -0.39 is 10.5 Å². The van der Waals surface area contributed by atoms with E-state index in [2.05, 4.69) is 11.4 Å². The van der Waals surface area contributed by atoms with Gasteiger partial charge in [0.25, 0.3) is 5.69 Å². The van der Waals surface area contributed by atoms with Crippen LogP contribution in [-0.2, 0) is 0 Å². The molecule has 0 fully saturated rings. The van der Waals surface area contributed by atoms with E-state index in [1.807, 2.05) is 6.92 Å². The molecule has 0 aliphatic carbocycles. The van der Waals surface area contributed by atoms with Crippen molar-refractivity contribution >= 4 is 5.69 Å². The minimum absolute atomic E-state index is 0.0520. The predicted octanol–water partition coefficient (Wildman–Crippen LogP) is 2.65. The van der Waals surface area contributed by atoms with Gasteiger partial charge < -0.3 is 10.1 Å². The van der Waals surface area contributed by atoms with Crippen LogP contribution < -0.4 is 10.1 Å². The summed E-state index contributed by atoms with van der Waals surface area (Å²) in [4.78, 5) is 10.1. The van der Waals surface area contributed by atoms with Crippen LogP contribution in [0, 0.1) is 21.4 Å². The third-order valence-corrected chi connectivity index (χ3v) is 3.19. The average Bonchev–Trinajstić information content (AvgIpc) is 2.47. The van der Waals surface area contributed by atoms with Gasteiger partial charge in [-0.2, -0.15) is 5.26 Å². The van der Waals surface area contributed by atoms with E-state index in [1.54, 1.807) is 19.2 Å². The smallest absolute Gasteiger partial charge is 0.269 e. The van der Waals surface area contributed by atoms with Gasteiger partial charge in [0.05, 0.1) is 17.6 Å². The van der Waals surface area contributed by atoms with Crippen molar-refractivity contribution in [1.29, 1.82) is 5.26 Å². The van der Waals surface area contributed by atoms with Crippen LogP contribution >= 0.6 is 0 Å². The first-order valence-electron chi connectivity index (χ1n) is 6.48. The summed E-state index contributed by atoms with van der Waals surface area (Å²) in [5.74, 6) is 0.618. The molecule has 1 aromatic carbocycles. The molecular formula is C14H19N3O3. The Labute approximate surface area is 118 Å². The molecule has 0 bridgehead atoms. The minimum Gasteiger partial charge on any atom is -0.494 e. The first kappa shape index (κ1) is 15.9. The molecule has 1 atom stereocenters. The Morgan fingerprint density at radius 1 is 1.40 bits per heavy atom. The standard InChI is InChI=1S/C14H19N3O3/c1-14(11-15,16-2)9-3-4-10-20-13-7-5-12(6-8-13)17(18)19/h5-8,16H,3-4,9-10H2,1-2H3. The molecule has 1 rings (SSSR count). The van der Waals surface area contributed by atoms with E-state index in [0.29, 0.717) is 12.4 Å². The fraction of sp³-hybridized carbons (Fsp3) is 0.500. The Hall–Kier alpha value is -2.13. The maximum Gasteiger partial charge on any atom is 0.269 e. The summed E-state index contributed by atoms with van der Waals surface area (Å²) in [6, 6.07) is 8.25. The van der Waals surface area contributed by atoms with Crippen molar-refractivity contribution in [3.63, 3.8) is 0 Å². The number of benzene rings is 1. The summed E-state index contributed by atoms with van der Waals surface area (Å²) in [7, 11) is 1.77. The highest BCUT2D eigenvalue weighted by molar-refractivity contribution is 5.35. The molecule has 0 heterocycles. The molecule has 0 saturated carbocycles. The molecule has 6 nitrogen and oxygen atoms in total. The molecule has 0 amide bonds. The number of nitrogens with zero attached hydrogens (tertiary/aromatic N) is 2. The Morgan fingerprint density at radius 2 is 2.05 bits per heavy atom. The summed E-state index contributed by atoms with van der Waals surface area (Å²) >= 11 is 0. The first-order valence-corrected chi connectivity index (χ1v) is 6.48. The summed E-state index contributed by atoms with van der Waals surface area (Å²) < 4.78 is 5.50. The topological polar surface area (TPSA) is 88.2 Å². The van der Waals surface area contributed by atoms with Gasteiger partial charge in [0.15, 0.2) is 0 Å². The van der Waals surface area contributed by atoms with Gasteiger partial charge in [-0.3, -0.25) is 10.1 Å². The third kappa shape index (κ3) is 4.86. The molecule has 0 spiro atoms. The number of ether oxygens (including phenoxy) is 1. The van der Waals surface area contributed by atoms with Gasteiger partial charge in [0.1, 0.15) is 11.3 Å². The van der Waals surface area contributed by atoms with Gasteiger partial charge in [0.2, 0.25) is 0 Å². The molecule has 20 heavy (non-hydrogen) atoms. The van der Waals surface area contributed by atoms with Crippen molar-refractivity contribution in [1.82, 2.24) is 5.32 Å². The molecule has 0 aromatic heterocycles. The van der Waals surface area contributed by atoms with Crippen molar-refractivity contribution in [3.8, 4) is 11.8 Å². The Balaban J connectivity index is 2.28. The van der Waals surface area contributed by atoms with Crippen LogP contribution in [0.15, 0.2) is 24.3 Å². The second-order valence-electron chi connectivity index (χ2n) is 4.75. The zero-order valence-electron chi connectivity index (χ0n) is 11.8. The highest BCUT2D eigenvalue weighted by Crippen LogP contribution is 2.18. The van der Waals surface area contributed by atoms with E-state index in [-0.39, 0.29) is 5.69 Å². The quantitative estimate of drug-likeness (QED) is 0.448. The zero-order chi connectivity index (χ0) is 15.0. The monoisotopic (exact) mass is 277 g/mol. The largest absolute Gasteiger partial charge is 0.494 e. The summed E-state index contributed by atoms with van der Waals surface area (Å²) in [6.07, 6.45) is 2.46. The maximum absolute atomic E-state index is 10.5. The van der Waals surface area contributed by atoms with Crippen molar-refractivity contribution in [2.45, 2.75) is 31.7 Å². The predicted molar refractivity (Wildman–Crippen MR) is 75.5 cm³/mol. The number of non-ortho nitro benzene ring substituents is 1. The summed E-state index contributed by atoms with van der Waals surface area (Å²) in [5.41, 5.74) is -0.441. The number of rotatable bonds is 8. The molecule has 0 aliphatic rings. The molecular weight excluding hydrogens is 258 g/mol. The molecule has 1 aromatic rings. The van der Waals surface area contributed by atoms with E-state index in [4.69, 9.17) is 10.00 Å². The molecule has 0 saturated heterocycles. The van der Waals surface area contributed by atoms with Gasteiger partial charge in [0, 0.05) is 12.1 Å². The van der Waals surface area contributed by atoms with Gasteiger partial charge in [-0.25, -0.2) is 0 Å². The van der Waals surface area contributed by atoms with Crippen LogP contribution in [0.25, 0.3) is 0 Å². The number of nitrogens with one attached hydrogen (secondary N) is 1. The van der Waals surface area contributed by atoms with Gasteiger partial charge >= 0.3 is 0 Å². The fourth-order valence-corrected chi connectivity index (χ4v) is 1.67. The van der Waals surface area contributed by atoms with Crippen molar-refractivity contribution in [2.24, 2.45) is 0 Å². The van der Waals surface area contributed by atoms with Crippen LogP contribution in [0.3, 0.4) is 0 Å². The lowest BCUT2D eigenvalue weighted by Crippen LogP contribution is -2.37. The highest BCUT2D eigenvalue weighted by atomic mass is 16.6. The Morgan fingerprint density at radius 3 is 2.55 bits per heavy atom. The second-order valence-corrected chi connectivity index (χ2v) is 4.75. The maximum atomic E-state index is 10.5. The lowest BCUT2D eigenvalue weighted by Gasteiger charge is -2.20. The van der Waals surface area contributed by atoms with Crippen LogP contribution in [-0.4, -0.2) is 24.1 Å². The number of unbranched alkanes of at least 4 members (excludes halogenated alkanes) is 1. The average molecular weight is 277 g/mol. The van der Waals surface area contributed by atoms with Gasteiger partial charge in [-0.15, -0.1) is 0 Å². The lowest BCUT2D eigenvalue weighted by atomic mass is 9.97. The SMILES string of the molecule is CNC(C)(C#N)CCCCOc1ccc([N+](=O)[O-])cc1. The number of hydrogen-bond acceptors (Lipinski definition) is 5. The van der Waals surface area contributed by atoms with Gasteiger partial charge in [-0.05, 0) is 45.4 Å². The number of nitro groups is 1. The van der Waals surface area contributed by atoms with Crippen LogP contribution in [0.5, 0.6) is 5.75 Å². The number of nitriles is 1. The van der Waals surface area contributed by atoms with E-state index in [0.717, 1.165) is 19.3 Å². The highest BCUT2D eigenvalue weighted by Gasteiger charge is 2.19. The first-order chi connectivity index (χ1) is 9.50. The summed E-state index contributed by atoms with van der Waals surface area (Å²) in [5, 5.41) is 22.5. The second kappa shape index (κ2) is 7.46. The van der Waals surface area contributed by atoms with Crippen LogP contribution in [0.2, 0.25) is 0 Å². The van der Waals surface area contributed by atoms with E-state index in [1.165, 1.54) is 12.1 Å². The number of nitro benzene ring substituents is 1. The molecule has 6 heteroatoms. The molecule has 1 unspecified atom stereocenters. The Bertz CT molecular complexity index is 481. The Kier molecular flexibility index (Phi) is 5.94. The lowest BCUT2D eigenvalue weighted by molar-refractivity contribution is -0.384. The summed E-state index contributed by atoms with van der Waals surface area (Å²) in [6.45, 7) is 2.40. The van der Waals surface area contributed by atoms with Crippen molar-refractivity contribution in [3.05, 3.63) is 34.4 Å². The third-order valence-electron chi connectivity index (χ3n) is 3.19. The van der Waals surface area contributed by atoms with Crippen molar-refractivity contribution < 1.29 is 9.66 Å². The van der Waals surface area contributed by atoms with Crippen LogP contribution in [0.1, 0.15) is 26.2 Å². The zero-order valence-corrected chi connectivity index (χ0v) is 11.8. The van der Waals surface area contributed by atoms with E-state index >= 15 is 0 Å². The normalized spacial score (nSPS) is 13.2. The van der Waals surface area contributed by atoms with Crippen LogP contribution in [0.4, 0.5) is 5.69 Å². The molecule has 0 aliphatic heterocycles. The fourth-order valence-electron chi connectivity index (χ4n) is 1.67.